The fourth-order valence-corrected chi connectivity index (χ4v) is 4.05. The van der Waals surface area contributed by atoms with Crippen molar-refractivity contribution < 1.29 is 22.8 Å². The van der Waals surface area contributed by atoms with Gasteiger partial charge in [0.15, 0.2) is 0 Å². The molecule has 0 spiro atoms. The second-order valence-electron chi connectivity index (χ2n) is 3.07. The molecule has 0 fully saturated rings. The van der Waals surface area contributed by atoms with Crippen molar-refractivity contribution in [3.05, 3.63) is 11.3 Å². The summed E-state index contributed by atoms with van der Waals surface area (Å²) >= 11 is 0. The van der Waals surface area contributed by atoms with Crippen LogP contribution in [0.2, 0.25) is 0 Å². The van der Waals surface area contributed by atoms with E-state index in [1.807, 2.05) is 20.8 Å². The standard InChI is InChI=1S/C10H18O5Si/c1-4-13-16(14-5-2,15-6-3)9-7-8-12-10(9)11/h7H,4-6,8H2,1-3H3. The van der Waals surface area contributed by atoms with E-state index in [-0.39, 0.29) is 12.6 Å². The molecule has 0 radical (unpaired) electrons. The van der Waals surface area contributed by atoms with Crippen molar-refractivity contribution >= 4 is 14.8 Å². The SMILES string of the molecule is CCO[Si](OCC)(OCC)C1=CCOC1=O. The van der Waals surface area contributed by atoms with Crippen LogP contribution in [-0.4, -0.2) is 41.2 Å². The summed E-state index contributed by atoms with van der Waals surface area (Å²) in [4.78, 5) is 11.5. The molecule has 1 heterocycles. The molecule has 6 heteroatoms. The molecule has 0 N–H and O–H groups in total. The summed E-state index contributed by atoms with van der Waals surface area (Å²) in [7, 11) is -3.04. The Hall–Kier alpha value is -0.693. The number of esters is 1. The first-order valence-corrected chi connectivity index (χ1v) is 7.22. The zero-order valence-electron chi connectivity index (χ0n) is 9.95. The lowest BCUT2D eigenvalue weighted by molar-refractivity contribution is -0.135. The van der Waals surface area contributed by atoms with Crippen LogP contribution in [0.5, 0.6) is 0 Å². The van der Waals surface area contributed by atoms with E-state index >= 15 is 0 Å². The minimum absolute atomic E-state index is 0.274. The second kappa shape index (κ2) is 6.14. The maximum absolute atomic E-state index is 11.5. The Bertz CT molecular complexity index is 259. The zero-order valence-corrected chi connectivity index (χ0v) is 10.9. The highest BCUT2D eigenvalue weighted by atomic mass is 28.4. The van der Waals surface area contributed by atoms with Crippen molar-refractivity contribution in [1.82, 2.24) is 0 Å². The van der Waals surface area contributed by atoms with Gasteiger partial charge in [-0.05, 0) is 26.8 Å². The lowest BCUT2D eigenvalue weighted by Gasteiger charge is -2.27. The number of ether oxygens (including phenoxy) is 1. The van der Waals surface area contributed by atoms with E-state index in [0.29, 0.717) is 25.0 Å². The Labute approximate surface area is 96.7 Å². The van der Waals surface area contributed by atoms with Gasteiger partial charge in [-0.2, -0.15) is 0 Å². The predicted molar refractivity (Wildman–Crippen MR) is 59.7 cm³/mol. The van der Waals surface area contributed by atoms with Crippen LogP contribution in [0.4, 0.5) is 0 Å². The van der Waals surface area contributed by atoms with Crippen LogP contribution in [0.25, 0.3) is 0 Å². The third-order valence-electron chi connectivity index (χ3n) is 2.05. The summed E-state index contributed by atoms with van der Waals surface area (Å²) in [6.45, 7) is 7.14. The molecule has 1 aliphatic heterocycles. The highest BCUT2D eigenvalue weighted by Crippen LogP contribution is 2.24. The van der Waals surface area contributed by atoms with Gasteiger partial charge in [0.25, 0.3) is 0 Å². The first-order chi connectivity index (χ1) is 7.70. The smallest absolute Gasteiger partial charge is 0.458 e. The molecule has 0 amide bonds. The van der Waals surface area contributed by atoms with Crippen molar-refractivity contribution in [3.8, 4) is 0 Å². The first-order valence-electron chi connectivity index (χ1n) is 5.49. The van der Waals surface area contributed by atoms with Crippen LogP contribution < -0.4 is 0 Å². The fraction of sp³-hybridized carbons (Fsp3) is 0.700. The van der Waals surface area contributed by atoms with Gasteiger partial charge in [0.05, 0.1) is 0 Å². The normalized spacial score (nSPS) is 16.2. The van der Waals surface area contributed by atoms with Crippen LogP contribution in [0.15, 0.2) is 11.3 Å². The Kier molecular flexibility index (Phi) is 5.13. The van der Waals surface area contributed by atoms with Crippen molar-refractivity contribution in [2.45, 2.75) is 20.8 Å². The highest BCUT2D eigenvalue weighted by Gasteiger charge is 2.51. The molecule has 0 aliphatic carbocycles. The molecule has 5 nitrogen and oxygen atoms in total. The van der Waals surface area contributed by atoms with Gasteiger partial charge in [0.1, 0.15) is 11.8 Å². The van der Waals surface area contributed by atoms with E-state index in [2.05, 4.69) is 0 Å². The summed E-state index contributed by atoms with van der Waals surface area (Å²) in [5, 5.41) is 0.429. The third kappa shape index (κ3) is 2.70. The van der Waals surface area contributed by atoms with Gasteiger partial charge in [-0.1, -0.05) is 0 Å². The number of hydrogen-bond acceptors (Lipinski definition) is 5. The number of hydrogen-bond donors (Lipinski definition) is 0. The number of carbonyl (C=O) groups is 1. The summed E-state index contributed by atoms with van der Waals surface area (Å²) < 4.78 is 21.6. The van der Waals surface area contributed by atoms with E-state index in [0.717, 1.165) is 0 Å². The van der Waals surface area contributed by atoms with Crippen molar-refractivity contribution in [2.24, 2.45) is 0 Å². The van der Waals surface area contributed by atoms with Gasteiger partial charge in [0, 0.05) is 19.8 Å². The zero-order chi connectivity index (χ0) is 12.0. The fourth-order valence-electron chi connectivity index (χ4n) is 1.54. The topological polar surface area (TPSA) is 54.0 Å². The lowest BCUT2D eigenvalue weighted by Crippen LogP contribution is -2.50. The van der Waals surface area contributed by atoms with Crippen molar-refractivity contribution in [3.63, 3.8) is 0 Å². The second-order valence-corrected chi connectivity index (χ2v) is 5.59. The van der Waals surface area contributed by atoms with E-state index in [4.69, 9.17) is 18.0 Å². The van der Waals surface area contributed by atoms with Crippen LogP contribution in [0, 0.1) is 0 Å². The maximum Gasteiger partial charge on any atom is 0.544 e. The number of carbonyl (C=O) groups excluding carboxylic acids is 1. The molecule has 0 bridgehead atoms. The Balaban J connectivity index is 2.94. The average Bonchev–Trinajstić information content (AvgIpc) is 2.66. The molecule has 0 saturated carbocycles. The van der Waals surface area contributed by atoms with E-state index < -0.39 is 8.80 Å². The average molecular weight is 246 g/mol. The molecule has 16 heavy (non-hydrogen) atoms. The number of cyclic esters (lactones) is 1. The molecule has 0 saturated heterocycles. The van der Waals surface area contributed by atoms with Gasteiger partial charge < -0.3 is 18.0 Å². The lowest BCUT2D eigenvalue weighted by atomic mass is 10.6. The highest BCUT2D eigenvalue weighted by molar-refractivity contribution is 6.74. The Morgan fingerprint density at radius 3 is 2.00 bits per heavy atom. The Morgan fingerprint density at radius 1 is 1.19 bits per heavy atom. The van der Waals surface area contributed by atoms with Crippen molar-refractivity contribution in [1.29, 1.82) is 0 Å². The maximum atomic E-state index is 11.5. The summed E-state index contributed by atoms with van der Waals surface area (Å²) in [6.07, 6.45) is 1.69. The largest absolute Gasteiger partial charge is 0.544 e. The van der Waals surface area contributed by atoms with Gasteiger partial charge in [0.2, 0.25) is 0 Å². The summed E-state index contributed by atoms with van der Waals surface area (Å²) in [5.41, 5.74) is 0. The molecular formula is C10H18O5Si. The van der Waals surface area contributed by atoms with E-state index in [1.54, 1.807) is 6.08 Å². The predicted octanol–water partition coefficient (Wildman–Crippen LogP) is 1.06. The Morgan fingerprint density at radius 2 is 1.69 bits per heavy atom. The molecule has 0 aromatic rings. The monoisotopic (exact) mass is 246 g/mol. The molecule has 0 atom stereocenters. The molecule has 0 aromatic carbocycles. The van der Waals surface area contributed by atoms with Gasteiger partial charge in [-0.3, -0.25) is 0 Å². The van der Waals surface area contributed by atoms with Gasteiger partial charge in [-0.25, -0.2) is 4.79 Å². The van der Waals surface area contributed by atoms with Gasteiger partial charge >= 0.3 is 14.8 Å². The molecule has 0 unspecified atom stereocenters. The van der Waals surface area contributed by atoms with Crippen LogP contribution in [-0.2, 0) is 22.8 Å². The third-order valence-corrected chi connectivity index (χ3v) is 5.13. The van der Waals surface area contributed by atoms with Crippen LogP contribution in [0.1, 0.15) is 20.8 Å². The van der Waals surface area contributed by atoms with E-state index in [9.17, 15) is 4.79 Å². The summed E-state index contributed by atoms with van der Waals surface area (Å²) in [6, 6.07) is 0. The molecule has 1 rings (SSSR count). The van der Waals surface area contributed by atoms with E-state index in [1.165, 1.54) is 0 Å². The minimum Gasteiger partial charge on any atom is -0.458 e. The molecule has 92 valence electrons. The minimum atomic E-state index is -3.04. The molecular weight excluding hydrogens is 228 g/mol. The number of rotatable bonds is 7. The van der Waals surface area contributed by atoms with Crippen molar-refractivity contribution in [2.75, 3.05) is 26.4 Å². The van der Waals surface area contributed by atoms with Crippen LogP contribution in [0.3, 0.4) is 0 Å². The molecule has 0 aromatic heterocycles. The van der Waals surface area contributed by atoms with Crippen LogP contribution >= 0.6 is 0 Å². The summed E-state index contributed by atoms with van der Waals surface area (Å²) in [5.74, 6) is -0.387. The van der Waals surface area contributed by atoms with Gasteiger partial charge in [-0.15, -0.1) is 0 Å². The molecule has 1 aliphatic rings. The first kappa shape index (κ1) is 13.4. The quantitative estimate of drug-likeness (QED) is 0.496.